The molecule has 0 saturated heterocycles. The maximum Gasteiger partial charge on any atom is 0.274 e. The quantitative estimate of drug-likeness (QED) is 0.774. The number of nitrogens with one attached hydrogen (secondary N) is 1. The van der Waals surface area contributed by atoms with Gasteiger partial charge in [0.2, 0.25) is 5.91 Å². The number of carbonyl (C=O) groups excluding carboxylic acids is 1. The van der Waals surface area contributed by atoms with Gasteiger partial charge < -0.3 is 10.7 Å². The number of benzene rings is 1. The molecule has 1 aromatic carbocycles. The molecule has 1 fully saturated rings. The number of primary amides is 1. The number of aromatic amines is 1. The fourth-order valence-corrected chi connectivity index (χ4v) is 3.77. The first-order valence-corrected chi connectivity index (χ1v) is 8.45. The maximum absolute atomic E-state index is 12.3. The van der Waals surface area contributed by atoms with Crippen LogP contribution in [0.25, 0.3) is 16.6 Å². The zero-order valence-electron chi connectivity index (χ0n) is 13.4. The summed E-state index contributed by atoms with van der Waals surface area (Å²) in [5.41, 5.74) is 7.62. The Morgan fingerprint density at radius 3 is 2.79 bits per heavy atom. The second-order valence-electron chi connectivity index (χ2n) is 6.65. The molecule has 24 heavy (non-hydrogen) atoms. The maximum atomic E-state index is 12.3. The molecule has 0 atom stereocenters. The molecule has 1 saturated carbocycles. The molecular weight excluding hydrogens is 304 g/mol. The molecule has 0 aliphatic heterocycles. The number of H-pyrrole nitrogens is 1. The number of nitrogens with zero attached hydrogens (tertiary/aromatic N) is 2. The third-order valence-electron chi connectivity index (χ3n) is 5.03. The highest BCUT2D eigenvalue weighted by molar-refractivity contribution is 5.96. The average Bonchev–Trinajstić information content (AvgIpc) is 3.00. The molecular formula is C18H20N4O2. The Morgan fingerprint density at radius 1 is 1.25 bits per heavy atom. The Hall–Kier alpha value is -2.63. The minimum atomic E-state index is -0.481. The van der Waals surface area contributed by atoms with E-state index in [1.165, 1.54) is 32.1 Å². The van der Waals surface area contributed by atoms with Gasteiger partial charge in [-0.15, -0.1) is 0 Å². The molecule has 3 N–H and O–H groups in total. The molecule has 4 rings (SSSR count). The number of carbonyl (C=O) groups is 1. The number of hydrogen-bond donors (Lipinski definition) is 2. The van der Waals surface area contributed by atoms with E-state index in [0.717, 1.165) is 17.8 Å². The molecule has 0 radical (unpaired) electrons. The van der Waals surface area contributed by atoms with Crippen LogP contribution in [-0.4, -0.2) is 20.3 Å². The van der Waals surface area contributed by atoms with Gasteiger partial charge in [0.05, 0.1) is 17.2 Å². The Morgan fingerprint density at radius 2 is 2.04 bits per heavy atom. The van der Waals surface area contributed by atoms with Crippen molar-refractivity contribution in [2.24, 2.45) is 11.7 Å². The second-order valence-corrected chi connectivity index (χ2v) is 6.65. The molecule has 6 heteroatoms. The van der Waals surface area contributed by atoms with Gasteiger partial charge in [0.15, 0.2) is 0 Å². The largest absolute Gasteiger partial charge is 0.366 e. The van der Waals surface area contributed by atoms with E-state index in [1.54, 1.807) is 24.4 Å². The number of aromatic nitrogens is 3. The Kier molecular flexibility index (Phi) is 3.59. The van der Waals surface area contributed by atoms with Crippen LogP contribution in [0.15, 0.2) is 29.2 Å². The summed E-state index contributed by atoms with van der Waals surface area (Å²) >= 11 is 0. The Balaban J connectivity index is 1.90. The summed E-state index contributed by atoms with van der Waals surface area (Å²) in [5, 5.41) is 0. The summed E-state index contributed by atoms with van der Waals surface area (Å²) in [4.78, 5) is 31.2. The van der Waals surface area contributed by atoms with Gasteiger partial charge in [-0.25, -0.2) is 4.98 Å². The molecule has 2 heterocycles. The van der Waals surface area contributed by atoms with E-state index in [4.69, 9.17) is 5.73 Å². The van der Waals surface area contributed by atoms with E-state index < -0.39 is 5.91 Å². The van der Waals surface area contributed by atoms with Crippen LogP contribution >= 0.6 is 0 Å². The van der Waals surface area contributed by atoms with Crippen molar-refractivity contribution in [2.45, 2.75) is 38.5 Å². The second kappa shape index (κ2) is 5.78. The van der Waals surface area contributed by atoms with Gasteiger partial charge in [0.25, 0.3) is 5.56 Å². The van der Waals surface area contributed by atoms with Crippen LogP contribution in [0.4, 0.5) is 0 Å². The van der Waals surface area contributed by atoms with Crippen molar-refractivity contribution in [3.63, 3.8) is 0 Å². The van der Waals surface area contributed by atoms with E-state index in [0.29, 0.717) is 22.5 Å². The van der Waals surface area contributed by atoms with Crippen LogP contribution in [-0.2, 0) is 6.42 Å². The van der Waals surface area contributed by atoms with Gasteiger partial charge in [0, 0.05) is 12.0 Å². The van der Waals surface area contributed by atoms with Crippen LogP contribution in [0.1, 0.15) is 48.3 Å². The molecule has 6 nitrogen and oxygen atoms in total. The molecule has 0 bridgehead atoms. The van der Waals surface area contributed by atoms with Crippen LogP contribution < -0.4 is 11.3 Å². The highest BCUT2D eigenvalue weighted by Gasteiger charge is 2.18. The SMILES string of the molecule is NC(=O)c1ccc2[nH]c(=O)c3cnc(CC4CCCCC4)n3c2c1. The number of fused-ring (bicyclic) bond motifs is 3. The number of amides is 1. The standard InChI is InChI=1S/C18H20N4O2/c19-17(23)12-6-7-13-14(9-12)22-15(18(24)21-13)10-20-16(22)8-11-4-2-1-3-5-11/h6-7,9-11H,1-5,8H2,(H2,19,23)(H,21,24). The van der Waals surface area contributed by atoms with Crippen LogP contribution in [0.2, 0.25) is 0 Å². The van der Waals surface area contributed by atoms with Crippen molar-refractivity contribution in [2.75, 3.05) is 0 Å². The van der Waals surface area contributed by atoms with E-state index >= 15 is 0 Å². The smallest absolute Gasteiger partial charge is 0.274 e. The fraction of sp³-hybridized carbons (Fsp3) is 0.389. The predicted octanol–water partition coefficient (Wildman–Crippen LogP) is 2.40. The van der Waals surface area contributed by atoms with Gasteiger partial charge in [-0.1, -0.05) is 32.1 Å². The highest BCUT2D eigenvalue weighted by Crippen LogP contribution is 2.27. The van der Waals surface area contributed by atoms with Crippen molar-refractivity contribution < 1.29 is 4.79 Å². The zero-order valence-corrected chi connectivity index (χ0v) is 13.4. The average molecular weight is 324 g/mol. The van der Waals surface area contributed by atoms with Gasteiger partial charge in [-0.3, -0.25) is 14.0 Å². The third kappa shape index (κ3) is 2.48. The molecule has 2 aromatic heterocycles. The van der Waals surface area contributed by atoms with Gasteiger partial charge in [-0.2, -0.15) is 0 Å². The minimum Gasteiger partial charge on any atom is -0.366 e. The summed E-state index contributed by atoms with van der Waals surface area (Å²) in [6.07, 6.45) is 8.73. The summed E-state index contributed by atoms with van der Waals surface area (Å²) in [6.45, 7) is 0. The van der Waals surface area contributed by atoms with Gasteiger partial charge in [0.1, 0.15) is 11.3 Å². The van der Waals surface area contributed by atoms with Crippen molar-refractivity contribution in [1.82, 2.24) is 14.4 Å². The fourth-order valence-electron chi connectivity index (χ4n) is 3.77. The lowest BCUT2D eigenvalue weighted by Crippen LogP contribution is -2.16. The lowest BCUT2D eigenvalue weighted by Gasteiger charge is -2.21. The molecule has 1 aliphatic carbocycles. The first kappa shape index (κ1) is 14.9. The van der Waals surface area contributed by atoms with E-state index in [1.807, 2.05) is 4.40 Å². The molecule has 0 spiro atoms. The first-order valence-electron chi connectivity index (χ1n) is 8.45. The lowest BCUT2D eigenvalue weighted by atomic mass is 9.87. The van der Waals surface area contributed by atoms with Gasteiger partial charge >= 0.3 is 0 Å². The first-order chi connectivity index (χ1) is 11.6. The number of imidazole rings is 1. The summed E-state index contributed by atoms with van der Waals surface area (Å²) in [6, 6.07) is 5.08. The number of hydrogen-bond acceptors (Lipinski definition) is 3. The molecule has 1 aliphatic rings. The molecule has 1 amide bonds. The number of rotatable bonds is 3. The monoisotopic (exact) mass is 324 g/mol. The summed E-state index contributed by atoms with van der Waals surface area (Å²) in [5.74, 6) is 1.01. The van der Waals surface area contributed by atoms with Crippen LogP contribution in [0.3, 0.4) is 0 Å². The van der Waals surface area contributed by atoms with Crippen molar-refractivity contribution >= 4 is 22.5 Å². The zero-order chi connectivity index (χ0) is 16.7. The minimum absolute atomic E-state index is 0.170. The Labute approximate surface area is 138 Å². The van der Waals surface area contributed by atoms with Crippen molar-refractivity contribution in [1.29, 1.82) is 0 Å². The van der Waals surface area contributed by atoms with E-state index in [9.17, 15) is 9.59 Å². The Bertz CT molecular complexity index is 980. The van der Waals surface area contributed by atoms with Gasteiger partial charge in [-0.05, 0) is 24.1 Å². The summed E-state index contributed by atoms with van der Waals surface area (Å²) in [7, 11) is 0. The molecule has 3 aromatic rings. The molecule has 124 valence electrons. The summed E-state index contributed by atoms with van der Waals surface area (Å²) < 4.78 is 1.88. The van der Waals surface area contributed by atoms with E-state index in [-0.39, 0.29) is 5.56 Å². The predicted molar refractivity (Wildman–Crippen MR) is 92.1 cm³/mol. The molecule has 0 unspecified atom stereocenters. The lowest BCUT2D eigenvalue weighted by molar-refractivity contribution is 0.100. The topological polar surface area (TPSA) is 93.2 Å². The third-order valence-corrected chi connectivity index (χ3v) is 5.03. The normalized spacial score (nSPS) is 16.0. The van der Waals surface area contributed by atoms with Crippen LogP contribution in [0.5, 0.6) is 0 Å². The number of nitrogens with two attached hydrogens (primary N) is 1. The van der Waals surface area contributed by atoms with Crippen molar-refractivity contribution in [3.8, 4) is 0 Å². The van der Waals surface area contributed by atoms with E-state index in [2.05, 4.69) is 9.97 Å². The van der Waals surface area contributed by atoms with Crippen molar-refractivity contribution in [3.05, 3.63) is 46.1 Å². The van der Waals surface area contributed by atoms with Crippen LogP contribution in [0, 0.1) is 5.92 Å². The highest BCUT2D eigenvalue weighted by atomic mass is 16.1.